The second-order valence-corrected chi connectivity index (χ2v) is 18.4. The van der Waals surface area contributed by atoms with Gasteiger partial charge in [0.2, 0.25) is 0 Å². The molecule has 11 aromatic carbocycles. The molecule has 0 amide bonds. The largest absolute Gasteiger partial charge is 0.456 e. The number of hydrogen-bond donors (Lipinski definition) is 0. The van der Waals surface area contributed by atoms with Gasteiger partial charge in [-0.15, -0.1) is 0 Å². The van der Waals surface area contributed by atoms with Crippen molar-refractivity contribution >= 4 is 73.1 Å². The minimum Gasteiger partial charge on any atom is -0.456 e. The average Bonchev–Trinajstić information content (AvgIpc) is 3.81. The van der Waals surface area contributed by atoms with E-state index < -0.39 is 0 Å². The van der Waals surface area contributed by atoms with Crippen LogP contribution in [-0.4, -0.2) is 0 Å². The number of nitrogens with zero attached hydrogens (tertiary/aromatic N) is 3. The molecule has 0 spiro atoms. The van der Waals surface area contributed by atoms with Gasteiger partial charge in [0.25, 0.3) is 0 Å². The summed E-state index contributed by atoms with van der Waals surface area (Å²) < 4.78 is 6.22. The molecular weight excluding hydrogens is 875 g/mol. The Morgan fingerprint density at radius 1 is 0.222 bits per heavy atom. The predicted molar refractivity (Wildman–Crippen MR) is 304 cm³/mol. The van der Waals surface area contributed by atoms with Gasteiger partial charge in [-0.1, -0.05) is 164 Å². The molecule has 344 valence electrons. The summed E-state index contributed by atoms with van der Waals surface area (Å²) in [6.45, 7) is 4.32. The van der Waals surface area contributed by atoms with Crippen LogP contribution in [-0.2, 0) is 0 Å². The van der Waals surface area contributed by atoms with Crippen LogP contribution in [0.25, 0.3) is 55.3 Å². The molecule has 0 aliphatic rings. The maximum absolute atomic E-state index is 6.22. The Morgan fingerprint density at radius 3 is 1.06 bits per heavy atom. The summed E-state index contributed by atoms with van der Waals surface area (Å²) in [5.41, 5.74) is 20.5. The molecule has 1 aromatic heterocycles. The van der Waals surface area contributed by atoms with Crippen molar-refractivity contribution in [1.29, 1.82) is 0 Å². The lowest BCUT2D eigenvalue weighted by molar-refractivity contribution is 0.669. The second kappa shape index (κ2) is 19.2. The fourth-order valence-corrected chi connectivity index (χ4v) is 9.99. The number of benzene rings is 11. The van der Waals surface area contributed by atoms with Crippen molar-refractivity contribution in [3.05, 3.63) is 284 Å². The van der Waals surface area contributed by atoms with Gasteiger partial charge in [0.1, 0.15) is 11.2 Å². The lowest BCUT2D eigenvalue weighted by Crippen LogP contribution is -2.16. The third-order valence-electron chi connectivity index (χ3n) is 13.5. The summed E-state index contributed by atoms with van der Waals surface area (Å²) >= 11 is 0. The van der Waals surface area contributed by atoms with Crippen LogP contribution in [0.15, 0.2) is 277 Å². The van der Waals surface area contributed by atoms with Crippen LogP contribution in [0.1, 0.15) is 11.1 Å². The van der Waals surface area contributed by atoms with Gasteiger partial charge in [-0.2, -0.15) is 0 Å². The molecule has 0 radical (unpaired) electrons. The molecular formula is C68H51N3O. The molecule has 12 aromatic rings. The van der Waals surface area contributed by atoms with Crippen LogP contribution < -0.4 is 14.7 Å². The van der Waals surface area contributed by atoms with E-state index in [0.29, 0.717) is 0 Å². The fourth-order valence-electron chi connectivity index (χ4n) is 9.99. The molecule has 0 unspecified atom stereocenters. The number of rotatable bonds is 12. The van der Waals surface area contributed by atoms with Gasteiger partial charge in [-0.25, -0.2) is 0 Å². The van der Waals surface area contributed by atoms with E-state index in [1.165, 1.54) is 22.3 Å². The van der Waals surface area contributed by atoms with Crippen molar-refractivity contribution < 1.29 is 4.42 Å². The normalized spacial score (nSPS) is 11.2. The number of hydrogen-bond acceptors (Lipinski definition) is 4. The monoisotopic (exact) mass is 925 g/mol. The van der Waals surface area contributed by atoms with Crippen molar-refractivity contribution in [3.8, 4) is 33.4 Å². The zero-order chi connectivity index (χ0) is 48.4. The fraction of sp³-hybridized carbons (Fsp3) is 0.0294. The van der Waals surface area contributed by atoms with E-state index in [1.807, 2.05) is 12.1 Å². The Hall–Kier alpha value is -9.38. The van der Waals surface area contributed by atoms with Crippen LogP contribution in [0, 0.1) is 13.8 Å². The predicted octanol–water partition coefficient (Wildman–Crippen LogP) is 19.6. The topological polar surface area (TPSA) is 22.9 Å². The molecule has 1 heterocycles. The average molecular weight is 926 g/mol. The lowest BCUT2D eigenvalue weighted by atomic mass is 10.00. The highest BCUT2D eigenvalue weighted by molar-refractivity contribution is 6.06. The van der Waals surface area contributed by atoms with Gasteiger partial charge in [0.15, 0.2) is 0 Å². The lowest BCUT2D eigenvalue weighted by Gasteiger charge is -2.33. The molecule has 0 N–H and O–H groups in total. The molecule has 0 bridgehead atoms. The summed E-state index contributed by atoms with van der Waals surface area (Å²) in [5.74, 6) is 0. The maximum atomic E-state index is 6.22. The van der Waals surface area contributed by atoms with Gasteiger partial charge < -0.3 is 19.1 Å². The van der Waals surface area contributed by atoms with Crippen LogP contribution in [0.4, 0.5) is 51.2 Å². The minimum atomic E-state index is 0.888. The molecule has 72 heavy (non-hydrogen) atoms. The number of para-hydroxylation sites is 3. The van der Waals surface area contributed by atoms with E-state index >= 15 is 0 Å². The SMILES string of the molecule is Cc1cccc(N(c2ccccc2)c2cc(N(c3ccc(-c4ccc(-c5ccccc5)cc4)cc3)c3ccc(-c4ccc5oc6ccccc6c5c4)cc3)cc(N(c3ccccc3)c3cccc(C)c3)c2)c1. The first-order chi connectivity index (χ1) is 35.5. The van der Waals surface area contributed by atoms with E-state index in [4.69, 9.17) is 4.42 Å². The number of anilines is 9. The van der Waals surface area contributed by atoms with Crippen molar-refractivity contribution in [2.45, 2.75) is 13.8 Å². The Bertz CT molecular complexity index is 3700. The van der Waals surface area contributed by atoms with E-state index in [0.717, 1.165) is 95.4 Å². The highest BCUT2D eigenvalue weighted by Gasteiger charge is 2.23. The maximum Gasteiger partial charge on any atom is 0.135 e. The van der Waals surface area contributed by atoms with Gasteiger partial charge in [-0.05, 0) is 168 Å². The Labute approximate surface area is 421 Å². The van der Waals surface area contributed by atoms with E-state index in [-0.39, 0.29) is 0 Å². The molecule has 4 heteroatoms. The van der Waals surface area contributed by atoms with Gasteiger partial charge in [-0.3, -0.25) is 0 Å². The van der Waals surface area contributed by atoms with E-state index in [9.17, 15) is 0 Å². The molecule has 0 saturated carbocycles. The smallest absolute Gasteiger partial charge is 0.135 e. The van der Waals surface area contributed by atoms with Crippen LogP contribution in [0.2, 0.25) is 0 Å². The van der Waals surface area contributed by atoms with Crippen LogP contribution >= 0.6 is 0 Å². The van der Waals surface area contributed by atoms with Gasteiger partial charge in [0.05, 0.1) is 17.1 Å². The quantitative estimate of drug-likeness (QED) is 0.122. The zero-order valence-electron chi connectivity index (χ0n) is 40.2. The molecule has 0 aliphatic carbocycles. The van der Waals surface area contributed by atoms with Crippen molar-refractivity contribution in [3.63, 3.8) is 0 Å². The van der Waals surface area contributed by atoms with Crippen molar-refractivity contribution in [1.82, 2.24) is 0 Å². The molecule has 4 nitrogen and oxygen atoms in total. The third kappa shape index (κ3) is 8.78. The highest BCUT2D eigenvalue weighted by atomic mass is 16.3. The Balaban J connectivity index is 1.05. The van der Waals surface area contributed by atoms with E-state index in [1.54, 1.807) is 0 Å². The Kier molecular flexibility index (Phi) is 11.7. The standard InChI is InChI=1S/C68H51N3O/c1-48-16-14-24-60(42-48)70(56-20-8-4-9-21-56)63-45-62(46-64(47-63)71(57-22-10-5-11-23-57)61-25-15-17-49(2)43-61)69(58-37-32-53(33-38-58)52-30-28-51(29-31-52)50-18-6-3-7-19-50)59-39-34-54(35-40-59)55-36-41-68-66(44-55)65-26-12-13-27-67(65)72-68/h3-47H,1-2H3. The molecule has 12 rings (SSSR count). The summed E-state index contributed by atoms with van der Waals surface area (Å²) in [5, 5.41) is 2.23. The first-order valence-electron chi connectivity index (χ1n) is 24.6. The molecule has 0 fully saturated rings. The molecule has 0 atom stereocenters. The first kappa shape index (κ1) is 43.9. The molecule has 0 saturated heterocycles. The number of furan rings is 1. The van der Waals surface area contributed by atoms with Gasteiger partial charge in [0, 0.05) is 44.9 Å². The van der Waals surface area contributed by atoms with Gasteiger partial charge >= 0.3 is 0 Å². The third-order valence-corrected chi connectivity index (χ3v) is 13.5. The van der Waals surface area contributed by atoms with E-state index in [2.05, 4.69) is 289 Å². The summed E-state index contributed by atoms with van der Waals surface area (Å²) in [6.07, 6.45) is 0. The van der Waals surface area contributed by atoms with Crippen LogP contribution in [0.3, 0.4) is 0 Å². The number of fused-ring (bicyclic) bond motifs is 3. The molecule has 0 aliphatic heterocycles. The number of aryl methyl sites for hydroxylation is 2. The zero-order valence-corrected chi connectivity index (χ0v) is 40.2. The summed E-state index contributed by atoms with van der Waals surface area (Å²) in [6, 6.07) is 98.1. The first-order valence-corrected chi connectivity index (χ1v) is 24.6. The second-order valence-electron chi connectivity index (χ2n) is 18.4. The van der Waals surface area contributed by atoms with Crippen molar-refractivity contribution in [2.75, 3.05) is 14.7 Å². The minimum absolute atomic E-state index is 0.888. The summed E-state index contributed by atoms with van der Waals surface area (Å²) in [4.78, 5) is 7.14. The van der Waals surface area contributed by atoms with Crippen molar-refractivity contribution in [2.24, 2.45) is 0 Å². The van der Waals surface area contributed by atoms with Crippen LogP contribution in [0.5, 0.6) is 0 Å². The highest BCUT2D eigenvalue weighted by Crippen LogP contribution is 2.47. The summed E-state index contributed by atoms with van der Waals surface area (Å²) in [7, 11) is 0. The Morgan fingerprint density at radius 2 is 0.569 bits per heavy atom.